The summed E-state index contributed by atoms with van der Waals surface area (Å²) in [5.74, 6) is 5.73. The molecule has 0 aromatic carbocycles. The summed E-state index contributed by atoms with van der Waals surface area (Å²) in [6.07, 6.45) is 2.52. The predicted octanol–water partition coefficient (Wildman–Crippen LogP) is 1.02. The van der Waals surface area contributed by atoms with Crippen LogP contribution in [0, 0.1) is 6.92 Å². The van der Waals surface area contributed by atoms with Crippen LogP contribution in [0.4, 0.5) is 0 Å². The van der Waals surface area contributed by atoms with E-state index in [9.17, 15) is 0 Å². The Morgan fingerprint density at radius 3 is 2.83 bits per heavy atom. The molecule has 1 aliphatic heterocycles. The zero-order valence-electron chi connectivity index (χ0n) is 10.9. The van der Waals surface area contributed by atoms with Crippen molar-refractivity contribution in [2.45, 2.75) is 37.8 Å². The Hall–Kier alpha value is -0.530. The van der Waals surface area contributed by atoms with Crippen LogP contribution in [0.3, 0.4) is 0 Å². The van der Waals surface area contributed by atoms with Gasteiger partial charge in [-0.05, 0) is 6.92 Å². The molecule has 1 unspecified atom stereocenters. The van der Waals surface area contributed by atoms with Crippen LogP contribution in [0.15, 0.2) is 5.38 Å². The third kappa shape index (κ3) is 2.89. The van der Waals surface area contributed by atoms with E-state index >= 15 is 0 Å². The molecule has 0 amide bonds. The molecule has 102 valence electrons. The molecular formula is C12H21N3O2S. The molecule has 1 saturated heterocycles. The van der Waals surface area contributed by atoms with Crippen LogP contribution < -0.4 is 11.3 Å². The lowest BCUT2D eigenvalue weighted by molar-refractivity contribution is -0.110. The van der Waals surface area contributed by atoms with Crippen LogP contribution in [0.5, 0.6) is 0 Å². The maximum atomic E-state index is 5.77. The number of aryl methyl sites for hydroxylation is 1. The lowest BCUT2D eigenvalue weighted by Crippen LogP contribution is -2.58. The second-order valence-corrected chi connectivity index (χ2v) is 5.63. The molecule has 1 atom stereocenters. The molecule has 0 spiro atoms. The topological polar surface area (TPSA) is 69.4 Å². The first-order chi connectivity index (χ1) is 8.70. The molecule has 0 saturated carbocycles. The largest absolute Gasteiger partial charge is 0.381 e. The van der Waals surface area contributed by atoms with Crippen LogP contribution in [0.2, 0.25) is 0 Å². The Kier molecular flexibility index (Phi) is 4.69. The van der Waals surface area contributed by atoms with Crippen molar-refractivity contribution in [1.82, 2.24) is 10.4 Å². The first-order valence-electron chi connectivity index (χ1n) is 6.20. The van der Waals surface area contributed by atoms with Gasteiger partial charge in [-0.15, -0.1) is 11.3 Å². The predicted molar refractivity (Wildman–Crippen MR) is 71.5 cm³/mol. The highest BCUT2D eigenvalue weighted by atomic mass is 32.1. The van der Waals surface area contributed by atoms with E-state index in [-0.39, 0.29) is 11.6 Å². The summed E-state index contributed by atoms with van der Waals surface area (Å²) in [5, 5.41) is 3.16. The number of nitrogens with zero attached hydrogens (tertiary/aromatic N) is 1. The quantitative estimate of drug-likeness (QED) is 0.618. The standard InChI is InChI=1S/C12H21N3O2S/c1-9-8-18-11(14-9)7-10(15-13)12(16-2)3-5-17-6-4-12/h8,10,15H,3-7,13H2,1-2H3. The van der Waals surface area contributed by atoms with Gasteiger partial charge in [-0.25, -0.2) is 4.98 Å². The first-order valence-corrected chi connectivity index (χ1v) is 7.08. The minimum Gasteiger partial charge on any atom is -0.381 e. The molecule has 1 aromatic rings. The number of hydrogen-bond donors (Lipinski definition) is 2. The van der Waals surface area contributed by atoms with Gasteiger partial charge in [0.1, 0.15) is 0 Å². The van der Waals surface area contributed by atoms with Crippen molar-refractivity contribution in [3.63, 3.8) is 0 Å². The second kappa shape index (κ2) is 6.08. The summed E-state index contributed by atoms with van der Waals surface area (Å²) in [5.41, 5.74) is 3.72. The molecule has 6 heteroatoms. The Morgan fingerprint density at radius 1 is 1.61 bits per heavy atom. The summed E-state index contributed by atoms with van der Waals surface area (Å²) in [6, 6.07) is 0.0666. The van der Waals surface area contributed by atoms with E-state index in [1.54, 1.807) is 18.4 Å². The summed E-state index contributed by atoms with van der Waals surface area (Å²) in [6.45, 7) is 3.46. The van der Waals surface area contributed by atoms with Crippen LogP contribution in [0.25, 0.3) is 0 Å². The van der Waals surface area contributed by atoms with Crippen LogP contribution in [0.1, 0.15) is 23.5 Å². The van der Waals surface area contributed by atoms with Gasteiger partial charge in [-0.3, -0.25) is 11.3 Å². The summed E-state index contributed by atoms with van der Waals surface area (Å²) < 4.78 is 11.2. The third-order valence-electron chi connectivity index (χ3n) is 3.63. The number of thiazole rings is 1. The second-order valence-electron chi connectivity index (χ2n) is 4.69. The smallest absolute Gasteiger partial charge is 0.0945 e. The number of nitrogens with one attached hydrogen (secondary N) is 1. The molecule has 0 aliphatic carbocycles. The fourth-order valence-corrected chi connectivity index (χ4v) is 3.30. The van der Waals surface area contributed by atoms with Crippen molar-refractivity contribution in [3.05, 3.63) is 16.1 Å². The summed E-state index contributed by atoms with van der Waals surface area (Å²) in [7, 11) is 1.75. The number of aromatic nitrogens is 1. The molecule has 0 bridgehead atoms. The maximum Gasteiger partial charge on any atom is 0.0945 e. The number of rotatable bonds is 5. The maximum absolute atomic E-state index is 5.77. The fourth-order valence-electron chi connectivity index (χ4n) is 2.48. The molecule has 1 aromatic heterocycles. The van der Waals surface area contributed by atoms with Gasteiger partial charge in [0.05, 0.1) is 16.7 Å². The third-order valence-corrected chi connectivity index (χ3v) is 4.62. The van der Waals surface area contributed by atoms with Crippen LogP contribution in [-0.4, -0.2) is 37.0 Å². The Bertz CT molecular complexity index is 377. The average Bonchev–Trinajstić information content (AvgIpc) is 2.82. The van der Waals surface area contributed by atoms with Gasteiger partial charge < -0.3 is 9.47 Å². The van der Waals surface area contributed by atoms with Crippen molar-refractivity contribution >= 4 is 11.3 Å². The normalized spacial score (nSPS) is 20.8. The van der Waals surface area contributed by atoms with Gasteiger partial charge in [0, 0.05) is 50.7 Å². The Morgan fingerprint density at radius 2 is 2.33 bits per heavy atom. The number of hydrogen-bond acceptors (Lipinski definition) is 6. The van der Waals surface area contributed by atoms with Crippen molar-refractivity contribution in [2.75, 3.05) is 20.3 Å². The van der Waals surface area contributed by atoms with Crippen LogP contribution in [-0.2, 0) is 15.9 Å². The first kappa shape index (κ1) is 13.9. The molecule has 2 heterocycles. The van der Waals surface area contributed by atoms with Crippen molar-refractivity contribution in [2.24, 2.45) is 5.84 Å². The lowest BCUT2D eigenvalue weighted by Gasteiger charge is -2.41. The highest BCUT2D eigenvalue weighted by Crippen LogP contribution is 2.30. The van der Waals surface area contributed by atoms with Crippen molar-refractivity contribution in [1.29, 1.82) is 0 Å². The van der Waals surface area contributed by atoms with Crippen molar-refractivity contribution < 1.29 is 9.47 Å². The van der Waals surface area contributed by atoms with Crippen LogP contribution >= 0.6 is 11.3 Å². The monoisotopic (exact) mass is 271 g/mol. The van der Waals surface area contributed by atoms with E-state index in [2.05, 4.69) is 15.8 Å². The average molecular weight is 271 g/mol. The van der Waals surface area contributed by atoms with E-state index in [0.717, 1.165) is 43.2 Å². The van der Waals surface area contributed by atoms with Gasteiger partial charge in [0.2, 0.25) is 0 Å². The lowest BCUT2D eigenvalue weighted by atomic mass is 9.84. The number of nitrogens with two attached hydrogens (primary N) is 1. The van der Waals surface area contributed by atoms with Gasteiger partial charge in [-0.1, -0.05) is 0 Å². The van der Waals surface area contributed by atoms with Gasteiger partial charge >= 0.3 is 0 Å². The molecule has 3 N–H and O–H groups in total. The number of hydrazine groups is 1. The van der Waals surface area contributed by atoms with Gasteiger partial charge in [0.25, 0.3) is 0 Å². The molecule has 18 heavy (non-hydrogen) atoms. The molecule has 0 radical (unpaired) electrons. The van der Waals surface area contributed by atoms with Gasteiger partial charge in [0.15, 0.2) is 0 Å². The molecular weight excluding hydrogens is 250 g/mol. The van der Waals surface area contributed by atoms with E-state index in [1.807, 2.05) is 6.92 Å². The summed E-state index contributed by atoms with van der Waals surface area (Å²) in [4.78, 5) is 4.49. The van der Waals surface area contributed by atoms with E-state index in [1.165, 1.54) is 0 Å². The highest BCUT2D eigenvalue weighted by Gasteiger charge is 2.40. The minimum absolute atomic E-state index is 0.0666. The minimum atomic E-state index is -0.243. The zero-order chi connectivity index (χ0) is 13.0. The fraction of sp³-hybridized carbons (Fsp3) is 0.750. The van der Waals surface area contributed by atoms with E-state index < -0.39 is 0 Å². The highest BCUT2D eigenvalue weighted by molar-refractivity contribution is 7.09. The molecule has 2 rings (SSSR count). The van der Waals surface area contributed by atoms with E-state index in [4.69, 9.17) is 15.3 Å². The SMILES string of the molecule is COC1(C(Cc2nc(C)cs2)NN)CCOCC1. The van der Waals surface area contributed by atoms with Crippen molar-refractivity contribution in [3.8, 4) is 0 Å². The van der Waals surface area contributed by atoms with E-state index in [0.29, 0.717) is 0 Å². The molecule has 1 aliphatic rings. The Labute approximate surface area is 112 Å². The zero-order valence-corrected chi connectivity index (χ0v) is 11.8. The number of ether oxygens (including phenoxy) is 2. The van der Waals surface area contributed by atoms with Gasteiger partial charge in [-0.2, -0.15) is 0 Å². The molecule has 5 nitrogen and oxygen atoms in total. The Balaban J connectivity index is 2.10. The number of methoxy groups -OCH3 is 1. The summed E-state index contributed by atoms with van der Waals surface area (Å²) >= 11 is 1.67. The molecule has 1 fully saturated rings.